The zero-order valence-electron chi connectivity index (χ0n) is 7.58. The Labute approximate surface area is 86.3 Å². The Bertz CT molecular complexity index is 385. The van der Waals surface area contributed by atoms with Crippen molar-refractivity contribution < 1.29 is 14.7 Å². The molecule has 4 heteroatoms. The van der Waals surface area contributed by atoms with Crippen molar-refractivity contribution in [2.24, 2.45) is 0 Å². The van der Waals surface area contributed by atoms with Crippen LogP contribution in [0.1, 0.15) is 22.3 Å². The van der Waals surface area contributed by atoms with Crippen LogP contribution in [0.15, 0.2) is 18.2 Å². The molecule has 1 rings (SSSR count). The second kappa shape index (κ2) is 4.24. The lowest BCUT2D eigenvalue weighted by Gasteiger charge is -2.03. The molecule has 0 unspecified atom stereocenters. The minimum absolute atomic E-state index is 0.272. The quantitative estimate of drug-likeness (QED) is 0.618. The normalized spacial score (nSPS) is 9.86. The van der Waals surface area contributed by atoms with Gasteiger partial charge in [-0.15, -0.1) is 0 Å². The number of aryl methyl sites for hydroxylation is 1. The van der Waals surface area contributed by atoms with Gasteiger partial charge in [0, 0.05) is 5.56 Å². The Hall–Kier alpha value is -1.35. The lowest BCUT2D eigenvalue weighted by Crippen LogP contribution is -2.07. The lowest BCUT2D eigenvalue weighted by atomic mass is 10.1. The van der Waals surface area contributed by atoms with E-state index in [9.17, 15) is 9.59 Å². The van der Waals surface area contributed by atoms with E-state index in [1.807, 2.05) is 0 Å². The van der Waals surface area contributed by atoms with Crippen LogP contribution in [0.5, 0.6) is 0 Å². The van der Waals surface area contributed by atoms with Crippen molar-refractivity contribution in [3.8, 4) is 0 Å². The number of halogens is 1. The molecule has 0 saturated heterocycles. The van der Waals surface area contributed by atoms with E-state index >= 15 is 0 Å². The van der Waals surface area contributed by atoms with Crippen LogP contribution in [0.25, 0.3) is 0 Å². The summed E-state index contributed by atoms with van der Waals surface area (Å²) in [7, 11) is 0. The third-order valence-electron chi connectivity index (χ3n) is 1.80. The van der Waals surface area contributed by atoms with E-state index in [0.29, 0.717) is 5.02 Å². The first kappa shape index (κ1) is 10.7. The van der Waals surface area contributed by atoms with Crippen molar-refractivity contribution in [1.29, 1.82) is 0 Å². The standard InChI is InChI=1S/C10H9ClO3/c1-6-3-2-4-7(10(6)11)8(12)5-9(13)14/h2-4H,5H2,1H3,(H,13,14). The molecule has 0 saturated carbocycles. The number of carbonyl (C=O) groups is 2. The summed E-state index contributed by atoms with van der Waals surface area (Å²) >= 11 is 5.86. The van der Waals surface area contributed by atoms with E-state index in [4.69, 9.17) is 16.7 Å². The van der Waals surface area contributed by atoms with Crippen molar-refractivity contribution in [3.63, 3.8) is 0 Å². The van der Waals surface area contributed by atoms with Gasteiger partial charge >= 0.3 is 5.97 Å². The molecule has 1 aromatic carbocycles. The molecule has 0 atom stereocenters. The number of Topliss-reactive ketones (excluding diaryl/α,β-unsaturated/α-hetero) is 1. The first-order valence-electron chi connectivity index (χ1n) is 4.02. The molecule has 0 amide bonds. The molecule has 0 heterocycles. The fourth-order valence-electron chi connectivity index (χ4n) is 1.10. The Kier molecular flexibility index (Phi) is 3.25. The maximum absolute atomic E-state index is 11.4. The predicted octanol–water partition coefficient (Wildman–Crippen LogP) is 2.31. The molecule has 0 aliphatic heterocycles. The van der Waals surface area contributed by atoms with Crippen LogP contribution in [0, 0.1) is 6.92 Å². The van der Waals surface area contributed by atoms with Crippen molar-refractivity contribution in [1.82, 2.24) is 0 Å². The first-order valence-corrected chi connectivity index (χ1v) is 4.40. The van der Waals surface area contributed by atoms with Gasteiger partial charge in [-0.2, -0.15) is 0 Å². The molecular formula is C10H9ClO3. The molecule has 0 aliphatic rings. The molecule has 0 spiro atoms. The smallest absolute Gasteiger partial charge is 0.311 e. The Balaban J connectivity index is 3.01. The third kappa shape index (κ3) is 2.33. The van der Waals surface area contributed by atoms with Crippen LogP contribution in [0.3, 0.4) is 0 Å². The largest absolute Gasteiger partial charge is 0.481 e. The third-order valence-corrected chi connectivity index (χ3v) is 2.31. The fraction of sp³-hybridized carbons (Fsp3) is 0.200. The van der Waals surface area contributed by atoms with Crippen molar-refractivity contribution in [2.45, 2.75) is 13.3 Å². The lowest BCUT2D eigenvalue weighted by molar-refractivity contribution is -0.135. The predicted molar refractivity (Wildman–Crippen MR) is 52.8 cm³/mol. The van der Waals surface area contributed by atoms with Crippen molar-refractivity contribution in [2.75, 3.05) is 0 Å². The topological polar surface area (TPSA) is 54.4 Å². The number of carbonyl (C=O) groups excluding carboxylic acids is 1. The van der Waals surface area contributed by atoms with Crippen molar-refractivity contribution >= 4 is 23.4 Å². The van der Waals surface area contributed by atoms with Crippen LogP contribution < -0.4 is 0 Å². The highest BCUT2D eigenvalue weighted by Crippen LogP contribution is 2.21. The number of benzene rings is 1. The molecule has 1 N–H and O–H groups in total. The SMILES string of the molecule is Cc1cccc(C(=O)CC(=O)O)c1Cl. The zero-order chi connectivity index (χ0) is 10.7. The molecule has 0 radical (unpaired) electrons. The molecule has 3 nitrogen and oxygen atoms in total. The summed E-state index contributed by atoms with van der Waals surface area (Å²) < 4.78 is 0. The maximum Gasteiger partial charge on any atom is 0.311 e. The molecule has 0 aliphatic carbocycles. The zero-order valence-corrected chi connectivity index (χ0v) is 8.34. The van der Waals surface area contributed by atoms with Gasteiger partial charge in [0.1, 0.15) is 6.42 Å². The highest BCUT2D eigenvalue weighted by Gasteiger charge is 2.14. The summed E-state index contributed by atoms with van der Waals surface area (Å²) in [6, 6.07) is 4.97. The number of carboxylic acid groups (broad SMARTS) is 1. The number of hydrogen-bond donors (Lipinski definition) is 1. The van der Waals surface area contributed by atoms with Crippen LogP contribution in [0.4, 0.5) is 0 Å². The minimum atomic E-state index is -1.15. The maximum atomic E-state index is 11.4. The average Bonchev–Trinajstić information content (AvgIpc) is 2.08. The summed E-state index contributed by atoms with van der Waals surface area (Å²) in [5.41, 5.74) is 1.04. The van der Waals surface area contributed by atoms with E-state index in [1.54, 1.807) is 19.1 Å². The van der Waals surface area contributed by atoms with Crippen LogP contribution in [-0.4, -0.2) is 16.9 Å². The van der Waals surface area contributed by atoms with E-state index < -0.39 is 18.2 Å². The summed E-state index contributed by atoms with van der Waals surface area (Å²) in [6.45, 7) is 1.76. The molecule has 0 aromatic heterocycles. The molecular weight excluding hydrogens is 204 g/mol. The fourth-order valence-corrected chi connectivity index (χ4v) is 1.33. The van der Waals surface area contributed by atoms with Gasteiger partial charge in [0.15, 0.2) is 5.78 Å². The van der Waals surface area contributed by atoms with Gasteiger partial charge in [-0.05, 0) is 18.6 Å². The van der Waals surface area contributed by atoms with Gasteiger partial charge in [-0.25, -0.2) is 0 Å². The van der Waals surface area contributed by atoms with Gasteiger partial charge in [-0.1, -0.05) is 23.7 Å². The Morgan fingerprint density at radius 1 is 1.43 bits per heavy atom. The summed E-state index contributed by atoms with van der Waals surface area (Å²) in [4.78, 5) is 21.7. The van der Waals surface area contributed by atoms with E-state index in [0.717, 1.165) is 5.56 Å². The van der Waals surface area contributed by atoms with Crippen LogP contribution in [-0.2, 0) is 4.79 Å². The van der Waals surface area contributed by atoms with E-state index in [-0.39, 0.29) is 5.56 Å². The molecule has 0 fully saturated rings. The summed E-state index contributed by atoms with van der Waals surface area (Å²) in [5, 5.41) is 8.77. The molecule has 0 bridgehead atoms. The number of carboxylic acids is 1. The van der Waals surface area contributed by atoms with Crippen LogP contribution in [0.2, 0.25) is 5.02 Å². The van der Waals surface area contributed by atoms with Gasteiger partial charge < -0.3 is 5.11 Å². The molecule has 1 aromatic rings. The van der Waals surface area contributed by atoms with Gasteiger partial charge in [0.25, 0.3) is 0 Å². The van der Waals surface area contributed by atoms with Gasteiger partial charge in [-0.3, -0.25) is 9.59 Å². The first-order chi connectivity index (χ1) is 6.52. The number of rotatable bonds is 3. The summed E-state index contributed by atoms with van der Waals surface area (Å²) in [6.07, 6.45) is -0.525. The van der Waals surface area contributed by atoms with Gasteiger partial charge in [0.05, 0.1) is 5.02 Å². The monoisotopic (exact) mass is 212 g/mol. The highest BCUT2D eigenvalue weighted by molar-refractivity contribution is 6.35. The second-order valence-electron chi connectivity index (χ2n) is 2.93. The van der Waals surface area contributed by atoms with E-state index in [2.05, 4.69) is 0 Å². The Morgan fingerprint density at radius 2 is 2.07 bits per heavy atom. The van der Waals surface area contributed by atoms with Gasteiger partial charge in [0.2, 0.25) is 0 Å². The number of hydrogen-bond acceptors (Lipinski definition) is 2. The number of ketones is 1. The molecule has 14 heavy (non-hydrogen) atoms. The highest BCUT2D eigenvalue weighted by atomic mass is 35.5. The average molecular weight is 213 g/mol. The van der Waals surface area contributed by atoms with E-state index in [1.165, 1.54) is 6.07 Å². The summed E-state index contributed by atoms with van der Waals surface area (Å²) in [5.74, 6) is -1.61. The minimum Gasteiger partial charge on any atom is -0.481 e. The van der Waals surface area contributed by atoms with Crippen molar-refractivity contribution in [3.05, 3.63) is 34.3 Å². The van der Waals surface area contributed by atoms with Crippen LogP contribution >= 0.6 is 11.6 Å². The number of aliphatic carboxylic acids is 1. The molecule has 74 valence electrons. The Morgan fingerprint density at radius 3 is 2.64 bits per heavy atom. The second-order valence-corrected chi connectivity index (χ2v) is 3.31.